The molecule has 2 aromatic rings. The van der Waals surface area contributed by atoms with Crippen molar-refractivity contribution in [3.63, 3.8) is 0 Å². The van der Waals surface area contributed by atoms with Crippen molar-refractivity contribution in [1.82, 2.24) is 19.4 Å². The van der Waals surface area contributed by atoms with Crippen LogP contribution in [-0.2, 0) is 6.54 Å². The van der Waals surface area contributed by atoms with Crippen LogP contribution in [-0.4, -0.2) is 39.1 Å². The van der Waals surface area contributed by atoms with E-state index in [1.54, 1.807) is 6.20 Å². The molecule has 0 aliphatic rings. The van der Waals surface area contributed by atoms with Gasteiger partial charge in [-0.15, -0.1) is 0 Å². The lowest BCUT2D eigenvalue weighted by molar-refractivity contribution is 0.293. The van der Waals surface area contributed by atoms with E-state index in [4.69, 9.17) is 5.73 Å². The third-order valence-corrected chi connectivity index (χ3v) is 3.59. The monoisotopic (exact) mass is 273 g/mol. The molecule has 0 atom stereocenters. The summed E-state index contributed by atoms with van der Waals surface area (Å²) in [5.41, 5.74) is 7.93. The third-order valence-electron chi connectivity index (χ3n) is 3.59. The van der Waals surface area contributed by atoms with Gasteiger partial charge in [-0.05, 0) is 38.2 Å². The van der Waals surface area contributed by atoms with Crippen LogP contribution in [0.3, 0.4) is 0 Å². The number of hydrogen-bond donors (Lipinski definition) is 1. The first-order valence-electron chi connectivity index (χ1n) is 7.19. The molecule has 0 aliphatic heterocycles. The molecule has 20 heavy (non-hydrogen) atoms. The summed E-state index contributed by atoms with van der Waals surface area (Å²) in [4.78, 5) is 10.8. The van der Waals surface area contributed by atoms with E-state index in [1.807, 2.05) is 24.7 Å². The number of hydrogen-bond acceptors (Lipinski definition) is 4. The van der Waals surface area contributed by atoms with Crippen molar-refractivity contribution in [2.24, 2.45) is 0 Å². The molecule has 2 rings (SSSR count). The number of nitrogens with zero attached hydrogens (tertiary/aromatic N) is 4. The highest BCUT2D eigenvalue weighted by atomic mass is 15.1. The number of aromatic nitrogens is 3. The van der Waals surface area contributed by atoms with Gasteiger partial charge in [0.2, 0.25) is 0 Å². The van der Waals surface area contributed by atoms with Crippen LogP contribution in [0.1, 0.15) is 20.3 Å². The first kappa shape index (κ1) is 14.5. The Balaban J connectivity index is 2.04. The fourth-order valence-corrected chi connectivity index (χ4v) is 2.36. The fourth-order valence-electron chi connectivity index (χ4n) is 2.36. The second-order valence-electron chi connectivity index (χ2n) is 4.79. The van der Waals surface area contributed by atoms with Gasteiger partial charge in [0.05, 0.1) is 18.2 Å². The predicted octanol–water partition coefficient (Wildman–Crippen LogP) is 2.26. The van der Waals surface area contributed by atoms with Crippen molar-refractivity contribution in [1.29, 1.82) is 0 Å². The fraction of sp³-hybridized carbons (Fsp3) is 0.467. The predicted molar refractivity (Wildman–Crippen MR) is 82.3 cm³/mol. The summed E-state index contributed by atoms with van der Waals surface area (Å²) in [5, 5.41) is 0. The van der Waals surface area contributed by atoms with Gasteiger partial charge in [-0.3, -0.25) is 0 Å². The molecule has 0 fully saturated rings. The van der Waals surface area contributed by atoms with Gasteiger partial charge in [-0.1, -0.05) is 13.8 Å². The van der Waals surface area contributed by atoms with Gasteiger partial charge in [0.25, 0.3) is 0 Å². The minimum absolute atomic E-state index is 0.554. The second kappa shape index (κ2) is 7.05. The molecular formula is C15H23N5. The number of rotatable bonds is 7. The number of nitrogen functional groups attached to an aromatic ring is 1. The van der Waals surface area contributed by atoms with E-state index in [-0.39, 0.29) is 0 Å². The van der Waals surface area contributed by atoms with Gasteiger partial charge >= 0.3 is 0 Å². The van der Waals surface area contributed by atoms with Gasteiger partial charge in [0, 0.05) is 18.3 Å². The molecule has 0 aromatic carbocycles. The quantitative estimate of drug-likeness (QED) is 0.840. The molecule has 2 aromatic heterocycles. The lowest BCUT2D eigenvalue weighted by atomic mass is 10.2. The van der Waals surface area contributed by atoms with Crippen LogP contribution in [0, 0.1) is 0 Å². The van der Waals surface area contributed by atoms with E-state index in [0.717, 1.165) is 43.9 Å². The summed E-state index contributed by atoms with van der Waals surface area (Å²) in [6.45, 7) is 8.64. The molecule has 0 amide bonds. The van der Waals surface area contributed by atoms with Crippen molar-refractivity contribution in [2.45, 2.75) is 26.8 Å². The van der Waals surface area contributed by atoms with Crippen LogP contribution in [0.4, 0.5) is 5.82 Å². The van der Waals surface area contributed by atoms with Gasteiger partial charge in [-0.25, -0.2) is 9.97 Å². The van der Waals surface area contributed by atoms with Crippen LogP contribution < -0.4 is 5.73 Å². The Morgan fingerprint density at radius 2 is 2.10 bits per heavy atom. The Morgan fingerprint density at radius 3 is 2.80 bits per heavy atom. The molecule has 0 saturated heterocycles. The number of pyridine rings is 1. The topological polar surface area (TPSA) is 60.0 Å². The summed E-state index contributed by atoms with van der Waals surface area (Å²) in [6.07, 6.45) is 6.53. The van der Waals surface area contributed by atoms with Crippen LogP contribution in [0.15, 0.2) is 30.9 Å². The summed E-state index contributed by atoms with van der Waals surface area (Å²) in [6, 6.07) is 3.89. The number of anilines is 1. The first-order valence-corrected chi connectivity index (χ1v) is 7.19. The van der Waals surface area contributed by atoms with E-state index in [1.165, 1.54) is 0 Å². The Morgan fingerprint density at radius 1 is 1.30 bits per heavy atom. The molecule has 0 aliphatic carbocycles. The Kier molecular flexibility index (Phi) is 5.12. The zero-order valence-corrected chi connectivity index (χ0v) is 12.3. The highest BCUT2D eigenvalue weighted by Gasteiger charge is 2.09. The third kappa shape index (κ3) is 3.36. The zero-order valence-electron chi connectivity index (χ0n) is 12.3. The maximum atomic E-state index is 5.94. The Labute approximate surface area is 120 Å². The summed E-state index contributed by atoms with van der Waals surface area (Å²) in [7, 11) is 0. The smallest absolute Gasteiger partial charge is 0.132 e. The van der Waals surface area contributed by atoms with Gasteiger partial charge in [-0.2, -0.15) is 0 Å². The van der Waals surface area contributed by atoms with Crippen molar-refractivity contribution in [2.75, 3.05) is 25.4 Å². The SMILES string of the molecule is CCN(CC)CCCn1cncc1-c1cccnc1N. The standard InChI is InChI=1S/C15H23N5/c1-3-19(4-2)9-6-10-20-12-17-11-14(20)13-7-5-8-18-15(13)16/h5,7-8,11-12H,3-4,6,9-10H2,1-2H3,(H2,16,18). The van der Waals surface area contributed by atoms with Gasteiger partial charge < -0.3 is 15.2 Å². The molecule has 0 radical (unpaired) electrons. The Bertz CT molecular complexity index is 531. The summed E-state index contributed by atoms with van der Waals surface area (Å²) < 4.78 is 2.15. The van der Waals surface area contributed by atoms with Gasteiger partial charge in [0.1, 0.15) is 5.82 Å². The van der Waals surface area contributed by atoms with Crippen LogP contribution in [0.2, 0.25) is 0 Å². The highest BCUT2D eigenvalue weighted by Crippen LogP contribution is 2.23. The van der Waals surface area contributed by atoms with Crippen molar-refractivity contribution >= 4 is 5.82 Å². The minimum atomic E-state index is 0.554. The van der Waals surface area contributed by atoms with Crippen LogP contribution in [0.25, 0.3) is 11.3 Å². The lowest BCUT2D eigenvalue weighted by Crippen LogP contribution is -2.24. The van der Waals surface area contributed by atoms with Gasteiger partial charge in [0.15, 0.2) is 0 Å². The molecule has 0 saturated carbocycles. The van der Waals surface area contributed by atoms with Crippen LogP contribution in [0.5, 0.6) is 0 Å². The molecular weight excluding hydrogens is 250 g/mol. The van der Waals surface area contributed by atoms with Crippen LogP contribution >= 0.6 is 0 Å². The van der Waals surface area contributed by atoms with Crippen molar-refractivity contribution in [3.8, 4) is 11.3 Å². The molecule has 0 spiro atoms. The second-order valence-corrected chi connectivity index (χ2v) is 4.79. The molecule has 108 valence electrons. The maximum Gasteiger partial charge on any atom is 0.132 e. The number of nitrogens with two attached hydrogens (primary N) is 1. The number of aryl methyl sites for hydroxylation is 1. The average Bonchev–Trinajstić information content (AvgIpc) is 2.92. The summed E-state index contributed by atoms with van der Waals surface area (Å²) >= 11 is 0. The largest absolute Gasteiger partial charge is 0.383 e. The van der Waals surface area contributed by atoms with E-state index in [0.29, 0.717) is 5.82 Å². The highest BCUT2D eigenvalue weighted by molar-refractivity contribution is 5.70. The molecule has 5 heteroatoms. The minimum Gasteiger partial charge on any atom is -0.383 e. The van der Waals surface area contributed by atoms with Crippen molar-refractivity contribution < 1.29 is 0 Å². The summed E-state index contributed by atoms with van der Waals surface area (Å²) in [5.74, 6) is 0.554. The van der Waals surface area contributed by atoms with E-state index in [2.05, 4.69) is 33.3 Å². The normalized spacial score (nSPS) is 11.2. The van der Waals surface area contributed by atoms with E-state index < -0.39 is 0 Å². The zero-order chi connectivity index (χ0) is 14.4. The van der Waals surface area contributed by atoms with E-state index in [9.17, 15) is 0 Å². The first-order chi connectivity index (χ1) is 9.76. The Hall–Kier alpha value is -1.88. The average molecular weight is 273 g/mol. The lowest BCUT2D eigenvalue weighted by Gasteiger charge is -2.18. The molecule has 0 unspecified atom stereocenters. The maximum absolute atomic E-state index is 5.94. The molecule has 0 bridgehead atoms. The molecule has 2 heterocycles. The molecule has 5 nitrogen and oxygen atoms in total. The van der Waals surface area contributed by atoms with Crippen molar-refractivity contribution in [3.05, 3.63) is 30.9 Å². The number of imidazole rings is 1. The van der Waals surface area contributed by atoms with E-state index >= 15 is 0 Å². The molecule has 2 N–H and O–H groups in total.